The second-order valence-corrected chi connectivity index (χ2v) is 15.7. The van der Waals surface area contributed by atoms with Gasteiger partial charge >= 0.3 is 30.5 Å². The highest BCUT2D eigenvalue weighted by Gasteiger charge is 2.36. The van der Waals surface area contributed by atoms with Gasteiger partial charge in [0, 0.05) is 23.1 Å². The molecule has 0 atom stereocenters. The van der Waals surface area contributed by atoms with Crippen LogP contribution in [0.3, 0.4) is 0 Å². The first-order valence-electron chi connectivity index (χ1n) is 19.0. The van der Waals surface area contributed by atoms with Crippen LogP contribution in [0.15, 0.2) is 145 Å². The molecule has 0 fully saturated rings. The number of halogens is 9. The molecule has 5 aromatic carbocycles. The SMILES string of the molecule is Cc1c(Nc2ncccc2C(=O)O)cccc1C(F)(F)F.Cc1ccc(-c2cc(C(F)(F)F)nn2-c2ccc(S(N)(=O)=O)cc2)cc1.O=C(O)c1ccccc1Nc1cccc(C(F)(F)F)c1. The van der Waals surface area contributed by atoms with E-state index in [1.54, 1.807) is 36.4 Å². The molecule has 7 rings (SSSR count). The fourth-order valence-electron chi connectivity index (χ4n) is 6.01. The summed E-state index contributed by atoms with van der Waals surface area (Å²) in [7, 11) is -3.90. The van der Waals surface area contributed by atoms with Gasteiger partial charge in [-0.05, 0) is 104 Å². The van der Waals surface area contributed by atoms with Gasteiger partial charge in [0.2, 0.25) is 10.0 Å². The van der Waals surface area contributed by atoms with Crippen molar-refractivity contribution < 1.29 is 67.7 Å². The monoisotopic (exact) mass is 958 g/mol. The highest BCUT2D eigenvalue weighted by Crippen LogP contribution is 2.37. The Kier molecular flexibility index (Phi) is 15.2. The van der Waals surface area contributed by atoms with Crippen molar-refractivity contribution in [3.8, 4) is 16.9 Å². The van der Waals surface area contributed by atoms with E-state index in [-0.39, 0.29) is 55.8 Å². The molecule has 7 aromatic rings. The molecule has 0 unspecified atom stereocenters. The summed E-state index contributed by atoms with van der Waals surface area (Å²) in [5, 5.41) is 32.1. The molecule has 22 heteroatoms. The van der Waals surface area contributed by atoms with E-state index in [9.17, 15) is 57.5 Å². The number of nitrogens with two attached hydrogens (primary N) is 1. The minimum absolute atomic E-state index is 0.00701. The van der Waals surface area contributed by atoms with Gasteiger partial charge in [0.15, 0.2) is 5.69 Å². The fourth-order valence-corrected chi connectivity index (χ4v) is 6.53. The second kappa shape index (κ2) is 20.2. The minimum Gasteiger partial charge on any atom is -0.478 e. The maximum atomic E-state index is 13.1. The number of alkyl halides is 9. The number of carboxylic acids is 2. The topological polar surface area (TPSA) is 190 Å². The van der Waals surface area contributed by atoms with Gasteiger partial charge in [-0.15, -0.1) is 0 Å². The number of pyridine rings is 1. The maximum Gasteiger partial charge on any atom is 0.435 e. The molecule has 0 bridgehead atoms. The third kappa shape index (κ3) is 13.2. The predicted octanol–water partition coefficient (Wildman–Crippen LogP) is 11.5. The van der Waals surface area contributed by atoms with Crippen LogP contribution in [0.2, 0.25) is 0 Å². The van der Waals surface area contributed by atoms with Gasteiger partial charge in [0.05, 0.1) is 38.7 Å². The first-order valence-corrected chi connectivity index (χ1v) is 20.5. The zero-order valence-electron chi connectivity index (χ0n) is 34.5. The Balaban J connectivity index is 0.000000190. The van der Waals surface area contributed by atoms with E-state index in [0.29, 0.717) is 5.56 Å². The molecule has 6 N–H and O–H groups in total. The van der Waals surface area contributed by atoms with Crippen molar-refractivity contribution in [2.24, 2.45) is 5.14 Å². The van der Waals surface area contributed by atoms with E-state index < -0.39 is 57.3 Å². The second-order valence-electron chi connectivity index (χ2n) is 14.1. The van der Waals surface area contributed by atoms with Gasteiger partial charge in [-0.2, -0.15) is 44.6 Å². The molecule has 0 aliphatic carbocycles. The summed E-state index contributed by atoms with van der Waals surface area (Å²) < 4.78 is 139. The molecule has 0 amide bonds. The summed E-state index contributed by atoms with van der Waals surface area (Å²) in [6, 6.07) is 30.1. The lowest BCUT2D eigenvalue weighted by molar-refractivity contribution is -0.141. The molecule has 350 valence electrons. The predicted molar refractivity (Wildman–Crippen MR) is 229 cm³/mol. The number of carbonyl (C=O) groups is 2. The first-order chi connectivity index (χ1) is 31.2. The molecule has 0 aliphatic heterocycles. The Hall–Kier alpha value is -7.72. The molecule has 0 spiro atoms. The van der Waals surface area contributed by atoms with Crippen molar-refractivity contribution in [3.63, 3.8) is 0 Å². The first kappa shape index (κ1) is 50.3. The lowest BCUT2D eigenvalue weighted by atomic mass is 10.1. The number of para-hydroxylation sites is 1. The highest BCUT2D eigenvalue weighted by molar-refractivity contribution is 7.89. The number of sulfonamides is 1. The van der Waals surface area contributed by atoms with Crippen LogP contribution in [0.25, 0.3) is 16.9 Å². The van der Waals surface area contributed by atoms with Gasteiger partial charge < -0.3 is 20.8 Å². The molecule has 0 radical (unpaired) electrons. The van der Waals surface area contributed by atoms with E-state index in [1.165, 1.54) is 85.9 Å². The molecule has 2 aromatic heterocycles. The molecule has 2 heterocycles. The average Bonchev–Trinajstić information content (AvgIpc) is 3.71. The summed E-state index contributed by atoms with van der Waals surface area (Å²) in [5.74, 6) is -2.37. The van der Waals surface area contributed by atoms with E-state index in [2.05, 4.69) is 20.7 Å². The zero-order valence-corrected chi connectivity index (χ0v) is 35.4. The maximum absolute atomic E-state index is 13.1. The minimum atomic E-state index is -4.61. The largest absolute Gasteiger partial charge is 0.478 e. The number of benzene rings is 5. The van der Waals surface area contributed by atoms with Crippen molar-refractivity contribution in [1.82, 2.24) is 14.8 Å². The van der Waals surface area contributed by atoms with Crippen molar-refractivity contribution >= 4 is 44.8 Å². The molecule has 12 nitrogen and oxygen atoms in total. The van der Waals surface area contributed by atoms with Crippen LogP contribution in [-0.2, 0) is 28.6 Å². The number of carboxylic acid groups (broad SMARTS) is 2. The number of aromatic nitrogens is 3. The van der Waals surface area contributed by atoms with Crippen LogP contribution in [-0.4, -0.2) is 45.3 Å². The Morgan fingerprint density at radius 3 is 1.82 bits per heavy atom. The standard InChI is InChI=1S/C17H14F3N3O2S.C14H11F3N2O2.C14H10F3NO2/c1-11-2-4-12(5-3-11)15-10-16(17(18,19)20)22-23(15)13-6-8-14(9-7-13)26(21,24)25;1-8-10(14(15,16)17)5-2-6-11(8)19-12-9(13(20)21)4-3-7-18-12;15-14(16,17)9-4-3-5-10(8-9)18-12-7-2-1-6-11(12)13(19)20/h2-10H,1H3,(H2,21,24,25);2-7H,1H3,(H,18,19)(H,20,21);1-8,18H,(H,19,20). The van der Waals surface area contributed by atoms with E-state index >= 15 is 0 Å². The lowest BCUT2D eigenvalue weighted by Crippen LogP contribution is -2.12. The Morgan fingerprint density at radius 1 is 0.642 bits per heavy atom. The normalized spacial score (nSPS) is 11.6. The summed E-state index contributed by atoms with van der Waals surface area (Å²) in [5.41, 5.74) is -0.157. The number of hydrogen-bond acceptors (Lipinski definition) is 8. The smallest absolute Gasteiger partial charge is 0.435 e. The van der Waals surface area contributed by atoms with Crippen LogP contribution < -0.4 is 15.8 Å². The summed E-state index contributed by atoms with van der Waals surface area (Å²) in [6.07, 6.45) is -12.2. The zero-order chi connectivity index (χ0) is 49.5. The molecule has 0 aliphatic rings. The van der Waals surface area contributed by atoms with Crippen LogP contribution in [0.4, 0.5) is 62.4 Å². The third-order valence-corrected chi connectivity index (χ3v) is 10.2. The number of hydrogen-bond donors (Lipinski definition) is 5. The number of rotatable bonds is 9. The fraction of sp³-hybridized carbons (Fsp3) is 0.111. The van der Waals surface area contributed by atoms with Gasteiger partial charge in [0.1, 0.15) is 11.4 Å². The third-order valence-electron chi connectivity index (χ3n) is 9.31. The van der Waals surface area contributed by atoms with E-state index in [4.69, 9.17) is 15.4 Å². The van der Waals surface area contributed by atoms with Crippen molar-refractivity contribution in [2.75, 3.05) is 10.6 Å². The van der Waals surface area contributed by atoms with Crippen molar-refractivity contribution in [3.05, 3.63) is 179 Å². The number of nitrogens with zero attached hydrogens (tertiary/aromatic N) is 3. The number of aromatic carboxylic acids is 2. The van der Waals surface area contributed by atoms with Crippen LogP contribution >= 0.6 is 0 Å². The summed E-state index contributed by atoms with van der Waals surface area (Å²) in [4.78, 5) is 25.8. The molecule has 0 saturated heterocycles. The average molecular weight is 959 g/mol. The molecule has 67 heavy (non-hydrogen) atoms. The van der Waals surface area contributed by atoms with Crippen molar-refractivity contribution in [1.29, 1.82) is 0 Å². The number of anilines is 4. The van der Waals surface area contributed by atoms with Gasteiger partial charge in [-0.25, -0.2) is 32.8 Å². The number of primary sulfonamides is 1. The van der Waals surface area contributed by atoms with E-state index in [0.717, 1.165) is 34.5 Å². The highest BCUT2D eigenvalue weighted by atomic mass is 32.2. The number of aryl methyl sites for hydroxylation is 1. The van der Waals surface area contributed by atoms with Crippen LogP contribution in [0.1, 0.15) is 48.7 Å². The lowest BCUT2D eigenvalue weighted by Gasteiger charge is -2.15. The molecule has 0 saturated carbocycles. The van der Waals surface area contributed by atoms with Gasteiger partial charge in [-0.1, -0.05) is 54.1 Å². The Bertz CT molecular complexity index is 2990. The molecular weight excluding hydrogens is 924 g/mol. The number of nitrogens with one attached hydrogen (secondary N) is 2. The quantitative estimate of drug-likeness (QED) is 0.0871. The van der Waals surface area contributed by atoms with Gasteiger partial charge in [-0.3, -0.25) is 0 Å². The van der Waals surface area contributed by atoms with Crippen LogP contribution in [0, 0.1) is 13.8 Å². The summed E-state index contributed by atoms with van der Waals surface area (Å²) in [6.45, 7) is 3.18. The van der Waals surface area contributed by atoms with Crippen molar-refractivity contribution in [2.45, 2.75) is 37.3 Å². The van der Waals surface area contributed by atoms with E-state index in [1.807, 2.05) is 6.92 Å². The Labute approximate surface area is 375 Å². The molecular formula is C45H35F9N6O6S. The van der Waals surface area contributed by atoms with Gasteiger partial charge in [0.25, 0.3) is 0 Å². The Morgan fingerprint density at radius 2 is 1.24 bits per heavy atom. The van der Waals surface area contributed by atoms with Crippen LogP contribution in [0.5, 0.6) is 0 Å². The summed E-state index contributed by atoms with van der Waals surface area (Å²) >= 11 is 0.